The molecule has 0 heterocycles. The van der Waals surface area contributed by atoms with Gasteiger partial charge in [0.25, 0.3) is 0 Å². The molecule has 1 heteroatoms. The van der Waals surface area contributed by atoms with Crippen LogP contribution < -0.4 is 5.32 Å². The molecule has 20 heavy (non-hydrogen) atoms. The van der Waals surface area contributed by atoms with Crippen molar-refractivity contribution in [1.82, 2.24) is 5.32 Å². The fourth-order valence-corrected chi connectivity index (χ4v) is 2.53. The first-order valence-corrected chi connectivity index (χ1v) is 7.47. The Bertz CT molecular complexity index is 554. The summed E-state index contributed by atoms with van der Waals surface area (Å²) >= 11 is 0. The highest BCUT2D eigenvalue weighted by atomic mass is 14.9. The van der Waals surface area contributed by atoms with Crippen molar-refractivity contribution in [3.63, 3.8) is 0 Å². The van der Waals surface area contributed by atoms with Crippen LogP contribution in [0.5, 0.6) is 0 Å². The fraction of sp³-hybridized carbons (Fsp3) is 0.368. The summed E-state index contributed by atoms with van der Waals surface area (Å²) in [6.45, 7) is 9.68. The van der Waals surface area contributed by atoms with E-state index in [1.54, 1.807) is 0 Å². The molecule has 0 spiro atoms. The van der Waals surface area contributed by atoms with E-state index in [-0.39, 0.29) is 0 Å². The van der Waals surface area contributed by atoms with Gasteiger partial charge in [-0.3, -0.25) is 0 Å². The molecule has 1 N–H and O–H groups in total. The van der Waals surface area contributed by atoms with Crippen LogP contribution in [-0.2, 0) is 6.54 Å². The highest BCUT2D eigenvalue weighted by Crippen LogP contribution is 2.19. The first-order valence-electron chi connectivity index (χ1n) is 7.47. The Kier molecular flexibility index (Phi) is 4.97. The van der Waals surface area contributed by atoms with E-state index < -0.39 is 0 Å². The maximum absolute atomic E-state index is 3.69. The zero-order valence-corrected chi connectivity index (χ0v) is 13.0. The second kappa shape index (κ2) is 6.71. The lowest BCUT2D eigenvalue weighted by atomic mass is 10.0. The van der Waals surface area contributed by atoms with Crippen molar-refractivity contribution in [2.24, 2.45) is 0 Å². The van der Waals surface area contributed by atoms with Gasteiger partial charge in [-0.25, -0.2) is 0 Å². The maximum Gasteiger partial charge on any atom is 0.0320 e. The van der Waals surface area contributed by atoms with Gasteiger partial charge in [-0.15, -0.1) is 0 Å². The third-order valence-electron chi connectivity index (χ3n) is 4.14. The summed E-state index contributed by atoms with van der Waals surface area (Å²) in [5.74, 6) is 0. The fourth-order valence-electron chi connectivity index (χ4n) is 2.53. The van der Waals surface area contributed by atoms with Gasteiger partial charge in [0.1, 0.15) is 0 Å². The Morgan fingerprint density at radius 3 is 2.30 bits per heavy atom. The van der Waals surface area contributed by atoms with Crippen molar-refractivity contribution in [3.05, 3.63) is 70.3 Å². The number of hydrogen-bond donors (Lipinski definition) is 1. The highest BCUT2D eigenvalue weighted by Gasteiger charge is 2.09. The standard InChI is InChI=1S/C19H25N/c1-5-19(17-11-9-14(2)10-12-17)20-13-18-8-6-7-15(3)16(18)4/h6-12,19-20H,5,13H2,1-4H3. The minimum Gasteiger partial charge on any atom is -0.306 e. The lowest BCUT2D eigenvalue weighted by Crippen LogP contribution is -2.20. The lowest BCUT2D eigenvalue weighted by Gasteiger charge is -2.19. The molecule has 1 atom stereocenters. The average Bonchev–Trinajstić information content (AvgIpc) is 2.45. The van der Waals surface area contributed by atoms with Gasteiger partial charge in [0.05, 0.1) is 0 Å². The topological polar surface area (TPSA) is 12.0 Å². The second-order valence-electron chi connectivity index (χ2n) is 5.61. The van der Waals surface area contributed by atoms with Gasteiger partial charge < -0.3 is 5.32 Å². The molecule has 1 nitrogen and oxygen atoms in total. The molecule has 0 bridgehead atoms. The third-order valence-corrected chi connectivity index (χ3v) is 4.14. The van der Waals surface area contributed by atoms with Gasteiger partial charge in [0.15, 0.2) is 0 Å². The number of hydrogen-bond acceptors (Lipinski definition) is 1. The van der Waals surface area contributed by atoms with Crippen molar-refractivity contribution < 1.29 is 0 Å². The Morgan fingerprint density at radius 2 is 1.65 bits per heavy atom. The van der Waals surface area contributed by atoms with Gasteiger partial charge in [-0.05, 0) is 49.4 Å². The van der Waals surface area contributed by atoms with Crippen molar-refractivity contribution in [2.75, 3.05) is 0 Å². The molecule has 2 aromatic rings. The molecule has 0 aliphatic heterocycles. The minimum atomic E-state index is 0.426. The van der Waals surface area contributed by atoms with Crippen LogP contribution in [0.1, 0.15) is 47.2 Å². The Hall–Kier alpha value is -1.60. The molecule has 2 aromatic carbocycles. The van der Waals surface area contributed by atoms with Gasteiger partial charge >= 0.3 is 0 Å². The summed E-state index contributed by atoms with van der Waals surface area (Å²) in [6, 6.07) is 15.8. The Labute approximate surface area is 123 Å². The quantitative estimate of drug-likeness (QED) is 0.816. The molecule has 0 saturated carbocycles. The van der Waals surface area contributed by atoms with E-state index in [2.05, 4.69) is 75.5 Å². The van der Waals surface area contributed by atoms with Crippen LogP contribution in [0.3, 0.4) is 0 Å². The predicted molar refractivity (Wildman–Crippen MR) is 87.0 cm³/mol. The van der Waals surface area contributed by atoms with E-state index in [1.807, 2.05) is 0 Å². The average molecular weight is 267 g/mol. The molecule has 106 valence electrons. The molecular weight excluding hydrogens is 242 g/mol. The SMILES string of the molecule is CCC(NCc1cccc(C)c1C)c1ccc(C)cc1. The normalized spacial score (nSPS) is 12.4. The molecule has 0 aromatic heterocycles. The van der Waals surface area contributed by atoms with Crippen molar-refractivity contribution in [2.45, 2.75) is 46.7 Å². The molecule has 0 aliphatic rings. The van der Waals surface area contributed by atoms with Crippen LogP contribution >= 0.6 is 0 Å². The zero-order chi connectivity index (χ0) is 14.5. The summed E-state index contributed by atoms with van der Waals surface area (Å²) in [4.78, 5) is 0. The van der Waals surface area contributed by atoms with Gasteiger partial charge in [-0.2, -0.15) is 0 Å². The number of rotatable bonds is 5. The van der Waals surface area contributed by atoms with E-state index in [4.69, 9.17) is 0 Å². The van der Waals surface area contributed by atoms with Crippen LogP contribution in [0.25, 0.3) is 0 Å². The van der Waals surface area contributed by atoms with E-state index >= 15 is 0 Å². The second-order valence-corrected chi connectivity index (χ2v) is 5.61. The Morgan fingerprint density at radius 1 is 0.950 bits per heavy atom. The Balaban J connectivity index is 2.07. The smallest absolute Gasteiger partial charge is 0.0320 e. The van der Waals surface area contributed by atoms with Crippen LogP contribution in [0, 0.1) is 20.8 Å². The summed E-state index contributed by atoms with van der Waals surface area (Å²) in [6.07, 6.45) is 1.11. The molecule has 0 saturated heterocycles. The van der Waals surface area contributed by atoms with Crippen LogP contribution in [0.15, 0.2) is 42.5 Å². The minimum absolute atomic E-state index is 0.426. The van der Waals surface area contributed by atoms with Crippen LogP contribution in [0.2, 0.25) is 0 Å². The first kappa shape index (κ1) is 14.8. The van der Waals surface area contributed by atoms with E-state index in [0.29, 0.717) is 6.04 Å². The first-order chi connectivity index (χ1) is 9.61. The molecule has 0 amide bonds. The summed E-state index contributed by atoms with van der Waals surface area (Å²) in [7, 11) is 0. The van der Waals surface area contributed by atoms with Crippen molar-refractivity contribution in [3.8, 4) is 0 Å². The largest absolute Gasteiger partial charge is 0.306 e. The van der Waals surface area contributed by atoms with Gasteiger partial charge in [0, 0.05) is 12.6 Å². The van der Waals surface area contributed by atoms with Gasteiger partial charge in [0.2, 0.25) is 0 Å². The highest BCUT2D eigenvalue weighted by molar-refractivity contribution is 5.33. The van der Waals surface area contributed by atoms with E-state index in [0.717, 1.165) is 13.0 Å². The maximum atomic E-state index is 3.69. The van der Waals surface area contributed by atoms with Crippen molar-refractivity contribution >= 4 is 0 Å². The van der Waals surface area contributed by atoms with E-state index in [9.17, 15) is 0 Å². The summed E-state index contributed by atoms with van der Waals surface area (Å²) in [5, 5.41) is 3.69. The molecular formula is C19H25N. The van der Waals surface area contributed by atoms with Crippen LogP contribution in [-0.4, -0.2) is 0 Å². The summed E-state index contributed by atoms with van der Waals surface area (Å²) < 4.78 is 0. The van der Waals surface area contributed by atoms with Crippen molar-refractivity contribution in [1.29, 1.82) is 0 Å². The number of nitrogens with one attached hydrogen (secondary N) is 1. The molecule has 0 fully saturated rings. The molecule has 2 rings (SSSR count). The summed E-state index contributed by atoms with van der Waals surface area (Å²) in [5.41, 5.74) is 6.86. The van der Waals surface area contributed by atoms with Gasteiger partial charge in [-0.1, -0.05) is 55.0 Å². The monoisotopic (exact) mass is 267 g/mol. The van der Waals surface area contributed by atoms with Crippen LogP contribution in [0.4, 0.5) is 0 Å². The number of aryl methyl sites for hydroxylation is 2. The predicted octanol–water partition coefficient (Wildman–Crippen LogP) is 4.85. The molecule has 0 radical (unpaired) electrons. The van der Waals surface area contributed by atoms with E-state index in [1.165, 1.54) is 27.8 Å². The lowest BCUT2D eigenvalue weighted by molar-refractivity contribution is 0.518. The zero-order valence-electron chi connectivity index (χ0n) is 13.0. The molecule has 0 aliphatic carbocycles. The molecule has 1 unspecified atom stereocenters. The number of benzene rings is 2. The third kappa shape index (κ3) is 3.49.